The van der Waals surface area contributed by atoms with Gasteiger partial charge in [-0.25, -0.2) is 5.10 Å². The number of carbonyl (C=O) groups is 1. The number of ether oxygens (including phenoxy) is 1. The molecule has 138 valence electrons. The highest BCUT2D eigenvalue weighted by Gasteiger charge is 2.19. The number of unbranched alkanes of at least 4 members (excludes halogenated alkanes) is 1. The van der Waals surface area contributed by atoms with Gasteiger partial charge in [-0.05, 0) is 50.6 Å². The largest absolute Gasteiger partial charge is 0.379 e. The van der Waals surface area contributed by atoms with Crippen molar-refractivity contribution >= 4 is 5.91 Å². The molecule has 2 aliphatic rings. The van der Waals surface area contributed by atoms with Crippen molar-refractivity contribution in [1.82, 2.24) is 20.4 Å². The summed E-state index contributed by atoms with van der Waals surface area (Å²) < 4.78 is 5.34. The quantitative estimate of drug-likeness (QED) is 0.698. The Morgan fingerprint density at radius 3 is 2.72 bits per heavy atom. The van der Waals surface area contributed by atoms with Crippen molar-refractivity contribution in [2.24, 2.45) is 0 Å². The van der Waals surface area contributed by atoms with Gasteiger partial charge in [0.25, 0.3) is 5.56 Å². The molecule has 0 saturated carbocycles. The van der Waals surface area contributed by atoms with Crippen molar-refractivity contribution in [2.45, 2.75) is 44.9 Å². The van der Waals surface area contributed by atoms with Gasteiger partial charge in [0.2, 0.25) is 5.91 Å². The molecule has 1 aliphatic heterocycles. The topological polar surface area (TPSA) is 87.3 Å². The number of morpholine rings is 1. The Morgan fingerprint density at radius 1 is 1.16 bits per heavy atom. The smallest absolute Gasteiger partial charge is 0.267 e. The van der Waals surface area contributed by atoms with Crippen molar-refractivity contribution < 1.29 is 9.53 Å². The van der Waals surface area contributed by atoms with Gasteiger partial charge in [-0.1, -0.05) is 0 Å². The van der Waals surface area contributed by atoms with E-state index in [1.54, 1.807) is 0 Å². The summed E-state index contributed by atoms with van der Waals surface area (Å²) in [6.45, 7) is 5.42. The molecule has 0 atom stereocenters. The highest BCUT2D eigenvalue weighted by atomic mass is 16.5. The Labute approximate surface area is 148 Å². The molecule has 0 aromatic carbocycles. The van der Waals surface area contributed by atoms with E-state index >= 15 is 0 Å². The number of amides is 1. The number of aromatic amines is 1. The maximum atomic E-state index is 12.2. The summed E-state index contributed by atoms with van der Waals surface area (Å²) in [5.41, 5.74) is 2.47. The zero-order valence-electron chi connectivity index (χ0n) is 14.8. The number of hydrogen-bond donors (Lipinski definition) is 2. The highest BCUT2D eigenvalue weighted by Crippen LogP contribution is 2.20. The molecule has 0 bridgehead atoms. The van der Waals surface area contributed by atoms with E-state index in [1.165, 1.54) is 0 Å². The van der Waals surface area contributed by atoms with Crippen LogP contribution in [0.5, 0.6) is 0 Å². The third-order valence-electron chi connectivity index (χ3n) is 5.04. The van der Waals surface area contributed by atoms with Gasteiger partial charge in [0, 0.05) is 25.2 Å². The molecule has 0 unspecified atom stereocenters. The van der Waals surface area contributed by atoms with Crippen LogP contribution in [0.2, 0.25) is 0 Å². The summed E-state index contributed by atoms with van der Waals surface area (Å²) in [6.07, 6.45) is 6.05. The number of rotatable bonds is 7. The van der Waals surface area contributed by atoms with Crippen LogP contribution in [-0.4, -0.2) is 60.4 Å². The molecule has 1 aromatic rings. The Hall–Kier alpha value is -1.73. The van der Waals surface area contributed by atoms with E-state index in [2.05, 4.69) is 20.4 Å². The third kappa shape index (κ3) is 5.12. The van der Waals surface area contributed by atoms with Crippen LogP contribution in [0.15, 0.2) is 4.79 Å². The van der Waals surface area contributed by atoms with Crippen molar-refractivity contribution in [3.8, 4) is 0 Å². The van der Waals surface area contributed by atoms with E-state index < -0.39 is 0 Å². The molecule has 1 aliphatic carbocycles. The lowest BCUT2D eigenvalue weighted by Gasteiger charge is -2.26. The molecule has 1 fully saturated rings. The van der Waals surface area contributed by atoms with Gasteiger partial charge in [0.1, 0.15) is 0 Å². The Kier molecular flexibility index (Phi) is 6.58. The lowest BCUT2D eigenvalue weighted by Crippen LogP contribution is -2.37. The van der Waals surface area contributed by atoms with Crippen LogP contribution < -0.4 is 10.9 Å². The van der Waals surface area contributed by atoms with Crippen LogP contribution in [-0.2, 0) is 28.8 Å². The first-order valence-corrected chi connectivity index (χ1v) is 9.40. The monoisotopic (exact) mass is 348 g/mol. The second-order valence-corrected chi connectivity index (χ2v) is 6.85. The zero-order chi connectivity index (χ0) is 17.5. The molecule has 2 heterocycles. The van der Waals surface area contributed by atoms with E-state index in [9.17, 15) is 9.59 Å². The Balaban J connectivity index is 1.40. The summed E-state index contributed by atoms with van der Waals surface area (Å²) in [4.78, 5) is 26.4. The standard InChI is InChI=1S/C18H28N4O3/c23-17(19-7-3-4-8-22-9-11-25-12-10-22)13-16-14-5-1-2-6-15(14)18(24)21-20-16/h1-13H2,(H,19,23)(H,21,24). The minimum Gasteiger partial charge on any atom is -0.379 e. The second-order valence-electron chi connectivity index (χ2n) is 6.85. The summed E-state index contributed by atoms with van der Waals surface area (Å²) >= 11 is 0. The fourth-order valence-corrected chi connectivity index (χ4v) is 3.60. The van der Waals surface area contributed by atoms with Gasteiger partial charge in [-0.15, -0.1) is 0 Å². The van der Waals surface area contributed by atoms with Crippen molar-refractivity contribution in [3.63, 3.8) is 0 Å². The Bertz CT molecular complexity index is 638. The van der Waals surface area contributed by atoms with Crippen LogP contribution in [0.1, 0.15) is 42.5 Å². The molecule has 1 aromatic heterocycles. The van der Waals surface area contributed by atoms with Gasteiger partial charge in [-0.3, -0.25) is 14.5 Å². The first-order valence-electron chi connectivity index (χ1n) is 9.40. The summed E-state index contributed by atoms with van der Waals surface area (Å²) in [6, 6.07) is 0. The number of hydrogen-bond acceptors (Lipinski definition) is 5. The lowest BCUT2D eigenvalue weighted by molar-refractivity contribution is -0.120. The molecular weight excluding hydrogens is 320 g/mol. The fourth-order valence-electron chi connectivity index (χ4n) is 3.60. The minimum atomic E-state index is -0.0954. The lowest BCUT2D eigenvalue weighted by atomic mass is 9.91. The summed E-state index contributed by atoms with van der Waals surface area (Å²) in [5, 5.41) is 9.64. The maximum absolute atomic E-state index is 12.2. The molecule has 0 radical (unpaired) electrons. The molecule has 1 amide bonds. The van der Waals surface area contributed by atoms with Crippen molar-refractivity contribution in [2.75, 3.05) is 39.4 Å². The number of fused-ring (bicyclic) bond motifs is 1. The minimum absolute atomic E-state index is 0.0151. The van der Waals surface area contributed by atoms with Crippen molar-refractivity contribution in [3.05, 3.63) is 27.2 Å². The van der Waals surface area contributed by atoms with Crippen LogP contribution in [0.4, 0.5) is 0 Å². The molecule has 0 spiro atoms. The molecule has 7 heteroatoms. The zero-order valence-corrected chi connectivity index (χ0v) is 14.8. The van der Waals surface area contributed by atoms with Gasteiger partial charge in [0.15, 0.2) is 0 Å². The van der Waals surface area contributed by atoms with Gasteiger partial charge in [0.05, 0.1) is 25.3 Å². The third-order valence-corrected chi connectivity index (χ3v) is 5.04. The fraction of sp³-hybridized carbons (Fsp3) is 0.722. The predicted molar refractivity (Wildman–Crippen MR) is 94.7 cm³/mol. The molecule has 25 heavy (non-hydrogen) atoms. The maximum Gasteiger partial charge on any atom is 0.267 e. The molecular formula is C18H28N4O3. The van der Waals surface area contributed by atoms with Crippen molar-refractivity contribution in [1.29, 1.82) is 0 Å². The number of nitrogens with zero attached hydrogens (tertiary/aromatic N) is 2. The molecule has 1 saturated heterocycles. The molecule has 3 rings (SSSR count). The van der Waals surface area contributed by atoms with E-state index in [0.717, 1.165) is 88.2 Å². The first-order chi connectivity index (χ1) is 12.2. The van der Waals surface area contributed by atoms with Crippen LogP contribution in [0.25, 0.3) is 0 Å². The summed E-state index contributed by atoms with van der Waals surface area (Å²) in [7, 11) is 0. The number of aromatic nitrogens is 2. The van der Waals surface area contributed by atoms with E-state index in [4.69, 9.17) is 4.74 Å². The first kappa shape index (κ1) is 18.1. The number of H-pyrrole nitrogens is 1. The van der Waals surface area contributed by atoms with Gasteiger partial charge in [-0.2, -0.15) is 5.10 Å². The predicted octanol–water partition coefficient (Wildman–Crippen LogP) is 0.420. The van der Waals surface area contributed by atoms with Crippen LogP contribution >= 0.6 is 0 Å². The molecule has 2 N–H and O–H groups in total. The SMILES string of the molecule is O=C(Cc1n[nH]c(=O)c2c1CCCC2)NCCCCN1CCOCC1. The van der Waals surface area contributed by atoms with Crippen LogP contribution in [0.3, 0.4) is 0 Å². The summed E-state index contributed by atoms with van der Waals surface area (Å²) in [5.74, 6) is -0.0151. The average molecular weight is 348 g/mol. The second kappa shape index (κ2) is 9.10. The Morgan fingerprint density at radius 2 is 1.92 bits per heavy atom. The van der Waals surface area contributed by atoms with E-state index in [0.29, 0.717) is 6.54 Å². The number of nitrogens with one attached hydrogen (secondary N) is 2. The van der Waals surface area contributed by atoms with E-state index in [-0.39, 0.29) is 17.9 Å². The van der Waals surface area contributed by atoms with Gasteiger partial charge >= 0.3 is 0 Å². The van der Waals surface area contributed by atoms with Gasteiger partial charge < -0.3 is 10.1 Å². The van der Waals surface area contributed by atoms with E-state index in [1.807, 2.05) is 0 Å². The van der Waals surface area contributed by atoms with Crippen LogP contribution in [0, 0.1) is 0 Å². The average Bonchev–Trinajstić information content (AvgIpc) is 2.65. The highest BCUT2D eigenvalue weighted by molar-refractivity contribution is 5.78. The number of carbonyl (C=O) groups excluding carboxylic acids is 1. The molecule has 7 nitrogen and oxygen atoms in total. The normalized spacial score (nSPS) is 17.9.